The second kappa shape index (κ2) is 7.48. The van der Waals surface area contributed by atoms with Crippen molar-refractivity contribution in [2.24, 2.45) is 0 Å². The first-order valence-electron chi connectivity index (χ1n) is 6.78. The topological polar surface area (TPSA) is 23.5 Å². The van der Waals surface area contributed by atoms with Gasteiger partial charge >= 0.3 is 6.18 Å². The number of alkyl halides is 3. The van der Waals surface area contributed by atoms with Gasteiger partial charge in [0.15, 0.2) is 0 Å². The number of hydrogen-bond donors (Lipinski definition) is 1. The molecule has 0 aromatic heterocycles. The summed E-state index contributed by atoms with van der Waals surface area (Å²) in [5.41, 5.74) is -0.130. The van der Waals surface area contributed by atoms with Crippen molar-refractivity contribution in [3.63, 3.8) is 0 Å². The summed E-state index contributed by atoms with van der Waals surface area (Å²) in [6.07, 6.45) is -4.77. The van der Waals surface area contributed by atoms with Gasteiger partial charge in [-0.05, 0) is 45.0 Å². The number of aliphatic hydroxyl groups is 1. The van der Waals surface area contributed by atoms with Crippen LogP contribution in [0.25, 0.3) is 0 Å². The summed E-state index contributed by atoms with van der Waals surface area (Å²) in [6, 6.07) is 5.02. The van der Waals surface area contributed by atoms with Gasteiger partial charge in [-0.1, -0.05) is 11.8 Å². The van der Waals surface area contributed by atoms with Gasteiger partial charge in [0, 0.05) is 18.2 Å². The molecule has 1 rings (SSSR count). The van der Waals surface area contributed by atoms with E-state index in [-0.39, 0.29) is 6.04 Å². The Morgan fingerprint density at radius 3 is 2.14 bits per heavy atom. The first kappa shape index (κ1) is 17.5. The summed E-state index contributed by atoms with van der Waals surface area (Å²) < 4.78 is 37.3. The third kappa shape index (κ3) is 6.19. The lowest BCUT2D eigenvalue weighted by Gasteiger charge is -2.25. The van der Waals surface area contributed by atoms with Crippen molar-refractivity contribution in [2.75, 3.05) is 13.1 Å². The number of hydrogen-bond acceptors (Lipinski definition) is 2. The molecule has 0 bridgehead atoms. The fraction of sp³-hybridized carbons (Fsp3) is 0.500. The molecule has 116 valence electrons. The molecular weight excluding hydrogens is 279 g/mol. The molecule has 1 aromatic carbocycles. The summed E-state index contributed by atoms with van der Waals surface area (Å²) in [6.45, 7) is 6.69. The largest absolute Gasteiger partial charge is 0.416 e. The van der Waals surface area contributed by atoms with Crippen molar-refractivity contribution in [3.05, 3.63) is 35.4 Å². The van der Waals surface area contributed by atoms with Crippen LogP contribution in [0.1, 0.15) is 31.9 Å². The maximum Gasteiger partial charge on any atom is 0.416 e. The SMILES string of the molecule is CC(O)CN(CC#Cc1ccc(C(F)(F)F)cc1)C(C)C. The monoisotopic (exact) mass is 299 g/mol. The van der Waals surface area contributed by atoms with Gasteiger partial charge in [-0.25, -0.2) is 0 Å². The normalized spacial score (nSPS) is 13.2. The van der Waals surface area contributed by atoms with E-state index in [1.165, 1.54) is 12.1 Å². The van der Waals surface area contributed by atoms with Crippen LogP contribution in [0.5, 0.6) is 0 Å². The molecule has 0 saturated carbocycles. The smallest absolute Gasteiger partial charge is 0.392 e. The van der Waals surface area contributed by atoms with Crippen molar-refractivity contribution in [3.8, 4) is 11.8 Å². The summed E-state index contributed by atoms with van der Waals surface area (Å²) in [4.78, 5) is 2.00. The molecule has 0 fully saturated rings. The molecule has 2 nitrogen and oxygen atoms in total. The highest BCUT2D eigenvalue weighted by atomic mass is 19.4. The van der Waals surface area contributed by atoms with Crippen LogP contribution in [-0.4, -0.2) is 35.2 Å². The van der Waals surface area contributed by atoms with Crippen LogP contribution >= 0.6 is 0 Å². The van der Waals surface area contributed by atoms with E-state index in [1.807, 2.05) is 18.7 Å². The first-order chi connectivity index (χ1) is 9.70. The molecular formula is C16H20F3NO. The molecule has 0 aliphatic carbocycles. The lowest BCUT2D eigenvalue weighted by atomic mass is 10.1. The second-order valence-corrected chi connectivity index (χ2v) is 5.25. The van der Waals surface area contributed by atoms with Gasteiger partial charge < -0.3 is 5.11 Å². The fourth-order valence-electron chi connectivity index (χ4n) is 1.78. The molecule has 0 saturated heterocycles. The molecule has 0 radical (unpaired) electrons. The molecule has 1 N–H and O–H groups in total. The van der Waals surface area contributed by atoms with Crippen molar-refractivity contribution in [1.29, 1.82) is 0 Å². The predicted octanol–water partition coefficient (Wildman–Crippen LogP) is 3.15. The Labute approximate surface area is 123 Å². The van der Waals surface area contributed by atoms with Crippen LogP contribution in [0, 0.1) is 11.8 Å². The quantitative estimate of drug-likeness (QED) is 0.863. The lowest BCUT2D eigenvalue weighted by molar-refractivity contribution is -0.137. The zero-order valence-corrected chi connectivity index (χ0v) is 12.4. The minimum atomic E-state index is -4.32. The van der Waals surface area contributed by atoms with Gasteiger partial charge in [0.2, 0.25) is 0 Å². The number of nitrogens with zero attached hydrogens (tertiary/aromatic N) is 1. The lowest BCUT2D eigenvalue weighted by Crippen LogP contribution is -2.36. The minimum absolute atomic E-state index is 0.238. The molecule has 1 aromatic rings. The zero-order chi connectivity index (χ0) is 16.0. The first-order valence-corrected chi connectivity index (χ1v) is 6.78. The van der Waals surface area contributed by atoms with Crippen molar-refractivity contribution in [1.82, 2.24) is 4.90 Å². The highest BCUT2D eigenvalue weighted by molar-refractivity contribution is 5.37. The number of halogens is 3. The molecule has 0 amide bonds. The molecule has 1 unspecified atom stereocenters. The van der Waals surface area contributed by atoms with E-state index >= 15 is 0 Å². The van der Waals surface area contributed by atoms with Crippen LogP contribution in [0.4, 0.5) is 13.2 Å². The van der Waals surface area contributed by atoms with Crippen LogP contribution in [0.3, 0.4) is 0 Å². The van der Waals surface area contributed by atoms with E-state index in [9.17, 15) is 18.3 Å². The van der Waals surface area contributed by atoms with E-state index in [4.69, 9.17) is 0 Å². The van der Waals surface area contributed by atoms with E-state index in [0.717, 1.165) is 12.1 Å². The number of rotatable bonds is 4. The number of benzene rings is 1. The van der Waals surface area contributed by atoms with Gasteiger partial charge in [0.05, 0.1) is 18.2 Å². The van der Waals surface area contributed by atoms with Crippen molar-refractivity contribution in [2.45, 2.75) is 39.1 Å². The van der Waals surface area contributed by atoms with E-state index in [2.05, 4.69) is 11.8 Å². The maximum absolute atomic E-state index is 12.4. The average molecular weight is 299 g/mol. The van der Waals surface area contributed by atoms with Gasteiger partial charge in [-0.3, -0.25) is 4.90 Å². The molecule has 0 aliphatic rings. The highest BCUT2D eigenvalue weighted by Gasteiger charge is 2.29. The van der Waals surface area contributed by atoms with E-state index in [1.54, 1.807) is 6.92 Å². The van der Waals surface area contributed by atoms with Crippen LogP contribution in [0.2, 0.25) is 0 Å². The summed E-state index contributed by atoms with van der Waals surface area (Å²) in [5, 5.41) is 9.40. The maximum atomic E-state index is 12.4. The number of aliphatic hydroxyl groups excluding tert-OH is 1. The van der Waals surface area contributed by atoms with Gasteiger partial charge in [0.1, 0.15) is 0 Å². The predicted molar refractivity (Wildman–Crippen MR) is 76.7 cm³/mol. The second-order valence-electron chi connectivity index (χ2n) is 5.25. The molecule has 21 heavy (non-hydrogen) atoms. The highest BCUT2D eigenvalue weighted by Crippen LogP contribution is 2.28. The van der Waals surface area contributed by atoms with E-state index in [0.29, 0.717) is 18.7 Å². The molecule has 0 aliphatic heterocycles. The summed E-state index contributed by atoms with van der Waals surface area (Å²) >= 11 is 0. The Morgan fingerprint density at radius 2 is 1.71 bits per heavy atom. The van der Waals surface area contributed by atoms with E-state index < -0.39 is 17.8 Å². The Hall–Kier alpha value is -1.51. The van der Waals surface area contributed by atoms with Crippen LogP contribution < -0.4 is 0 Å². The van der Waals surface area contributed by atoms with Crippen molar-refractivity contribution >= 4 is 0 Å². The van der Waals surface area contributed by atoms with Gasteiger partial charge in [0.25, 0.3) is 0 Å². The van der Waals surface area contributed by atoms with Gasteiger partial charge in [-0.2, -0.15) is 13.2 Å². The summed E-state index contributed by atoms with van der Waals surface area (Å²) in [5.74, 6) is 5.77. The average Bonchev–Trinajstić information content (AvgIpc) is 2.36. The third-order valence-electron chi connectivity index (χ3n) is 2.96. The third-order valence-corrected chi connectivity index (χ3v) is 2.96. The Balaban J connectivity index is 2.69. The summed E-state index contributed by atoms with van der Waals surface area (Å²) in [7, 11) is 0. The van der Waals surface area contributed by atoms with Gasteiger partial charge in [-0.15, -0.1) is 0 Å². The fourth-order valence-corrected chi connectivity index (χ4v) is 1.78. The van der Waals surface area contributed by atoms with Crippen LogP contribution in [0.15, 0.2) is 24.3 Å². The standard InChI is InChI=1S/C16H20F3NO/c1-12(2)20(11-13(3)21)10-4-5-14-6-8-15(9-7-14)16(17,18)19/h6-9,12-13,21H,10-11H2,1-3H3. The van der Waals surface area contributed by atoms with Crippen LogP contribution in [-0.2, 0) is 6.18 Å². The Kier molecular flexibility index (Phi) is 6.25. The Bertz CT molecular complexity index is 495. The zero-order valence-electron chi connectivity index (χ0n) is 12.4. The Morgan fingerprint density at radius 1 is 1.14 bits per heavy atom. The molecule has 5 heteroatoms. The molecule has 0 spiro atoms. The minimum Gasteiger partial charge on any atom is -0.392 e. The molecule has 0 heterocycles. The molecule has 1 atom stereocenters. The van der Waals surface area contributed by atoms with Crippen molar-refractivity contribution < 1.29 is 18.3 Å².